The van der Waals surface area contributed by atoms with Crippen molar-refractivity contribution in [2.45, 2.75) is 19.8 Å². The first-order valence-corrected chi connectivity index (χ1v) is 9.20. The largest absolute Gasteiger partial charge is 0.494 e. The van der Waals surface area contributed by atoms with Crippen molar-refractivity contribution >= 4 is 22.8 Å². The number of carbonyl (C=O) groups is 2. The summed E-state index contributed by atoms with van der Waals surface area (Å²) in [6.45, 7) is 2.55. The Hall–Kier alpha value is -3.35. The smallest absolute Gasteiger partial charge is 0.308 e. The molecule has 3 aromatic rings. The molecule has 0 radical (unpaired) electrons. The van der Waals surface area contributed by atoms with E-state index in [4.69, 9.17) is 4.74 Å². The van der Waals surface area contributed by atoms with E-state index in [1.807, 2.05) is 55.5 Å². The van der Waals surface area contributed by atoms with Gasteiger partial charge in [-0.3, -0.25) is 14.7 Å². The van der Waals surface area contributed by atoms with E-state index in [0.29, 0.717) is 18.7 Å². The van der Waals surface area contributed by atoms with Gasteiger partial charge in [0.25, 0.3) is 0 Å². The maximum Gasteiger partial charge on any atom is 0.308 e. The number of amides is 1. The number of carboxylic acids is 1. The Kier molecular flexibility index (Phi) is 6.26. The van der Waals surface area contributed by atoms with E-state index in [1.165, 1.54) is 0 Å². The normalized spacial score (nSPS) is 11.9. The van der Waals surface area contributed by atoms with Crippen LogP contribution in [0.15, 0.2) is 48.5 Å². The highest BCUT2D eigenvalue weighted by Crippen LogP contribution is 2.17. The van der Waals surface area contributed by atoms with Crippen molar-refractivity contribution in [2.24, 2.45) is 5.92 Å². The summed E-state index contributed by atoms with van der Waals surface area (Å²) in [6, 6.07) is 14.9. The van der Waals surface area contributed by atoms with E-state index < -0.39 is 11.9 Å². The highest BCUT2D eigenvalue weighted by molar-refractivity contribution is 5.87. The number of hydrogen-bond acceptors (Lipinski definition) is 4. The van der Waals surface area contributed by atoms with Crippen molar-refractivity contribution < 1.29 is 19.4 Å². The molecule has 0 aliphatic carbocycles. The van der Waals surface area contributed by atoms with Crippen LogP contribution in [0.4, 0.5) is 0 Å². The van der Waals surface area contributed by atoms with E-state index in [9.17, 15) is 14.7 Å². The van der Waals surface area contributed by atoms with Crippen molar-refractivity contribution in [1.82, 2.24) is 15.5 Å². The molecule has 0 aliphatic rings. The number of carbonyl (C=O) groups excluding carboxylic acids is 1. The van der Waals surface area contributed by atoms with Crippen LogP contribution in [0.2, 0.25) is 0 Å². The van der Waals surface area contributed by atoms with Crippen LogP contribution in [-0.4, -0.2) is 40.3 Å². The van der Waals surface area contributed by atoms with Crippen LogP contribution >= 0.6 is 0 Å². The molecule has 0 bridgehead atoms. The number of aliphatic carboxylic acids is 1. The van der Waals surface area contributed by atoms with E-state index in [1.54, 1.807) is 0 Å². The zero-order valence-corrected chi connectivity index (χ0v) is 15.6. The summed E-state index contributed by atoms with van der Waals surface area (Å²) in [6.07, 6.45) is 0.449. The Morgan fingerprint density at radius 3 is 2.64 bits per heavy atom. The van der Waals surface area contributed by atoms with Gasteiger partial charge in [-0.05, 0) is 37.1 Å². The molecule has 28 heavy (non-hydrogen) atoms. The molecule has 0 saturated heterocycles. The molecule has 146 valence electrons. The number of carboxylic acid groups (broad SMARTS) is 1. The van der Waals surface area contributed by atoms with Gasteiger partial charge in [0.15, 0.2) is 0 Å². The lowest BCUT2D eigenvalue weighted by atomic mass is 9.99. The van der Waals surface area contributed by atoms with Crippen molar-refractivity contribution in [3.8, 4) is 5.75 Å². The van der Waals surface area contributed by atoms with Gasteiger partial charge in [0.05, 0.1) is 30.2 Å². The number of fused-ring (bicyclic) bond motifs is 1. The highest BCUT2D eigenvalue weighted by Gasteiger charge is 2.19. The molecule has 3 N–H and O–H groups in total. The van der Waals surface area contributed by atoms with Gasteiger partial charge in [0.2, 0.25) is 5.91 Å². The fourth-order valence-electron chi connectivity index (χ4n) is 3.03. The molecule has 7 heteroatoms. The first-order valence-electron chi connectivity index (χ1n) is 9.20. The van der Waals surface area contributed by atoms with Crippen LogP contribution in [0.1, 0.15) is 18.2 Å². The minimum Gasteiger partial charge on any atom is -0.494 e. The third-order valence-corrected chi connectivity index (χ3v) is 4.49. The lowest BCUT2D eigenvalue weighted by Gasteiger charge is -2.14. The third-order valence-electron chi connectivity index (χ3n) is 4.49. The first kappa shape index (κ1) is 19.4. The summed E-state index contributed by atoms with van der Waals surface area (Å²) in [5.74, 6) is -1.15. The molecule has 1 amide bonds. The predicted octanol–water partition coefficient (Wildman–Crippen LogP) is 2.56. The molecule has 1 unspecified atom stereocenters. The van der Waals surface area contributed by atoms with Crippen molar-refractivity contribution in [3.63, 3.8) is 0 Å². The molecule has 7 nitrogen and oxygen atoms in total. The van der Waals surface area contributed by atoms with E-state index in [0.717, 1.165) is 22.2 Å². The quantitative estimate of drug-likeness (QED) is 0.528. The Bertz CT molecular complexity index is 950. The number of aromatic nitrogens is 2. The molecule has 1 atom stereocenters. The maximum atomic E-state index is 12.3. The van der Waals surface area contributed by atoms with Gasteiger partial charge in [0.1, 0.15) is 5.75 Å². The van der Waals surface area contributed by atoms with E-state index in [-0.39, 0.29) is 18.9 Å². The number of para-hydroxylation sites is 1. The van der Waals surface area contributed by atoms with Gasteiger partial charge >= 0.3 is 5.97 Å². The monoisotopic (exact) mass is 381 g/mol. The van der Waals surface area contributed by atoms with Crippen LogP contribution in [0.5, 0.6) is 5.75 Å². The number of ether oxygens (including phenoxy) is 1. The van der Waals surface area contributed by atoms with E-state index >= 15 is 0 Å². The fraction of sp³-hybridized carbons (Fsp3) is 0.286. The van der Waals surface area contributed by atoms with Gasteiger partial charge in [-0.15, -0.1) is 0 Å². The third kappa shape index (κ3) is 4.88. The van der Waals surface area contributed by atoms with Gasteiger partial charge < -0.3 is 15.2 Å². The predicted molar refractivity (Wildman–Crippen MR) is 105 cm³/mol. The molecule has 0 saturated carbocycles. The summed E-state index contributed by atoms with van der Waals surface area (Å²) in [7, 11) is 0. The van der Waals surface area contributed by atoms with Gasteiger partial charge in [-0.2, -0.15) is 5.10 Å². The van der Waals surface area contributed by atoms with Crippen molar-refractivity contribution in [2.75, 3.05) is 13.2 Å². The minimum atomic E-state index is -0.943. The summed E-state index contributed by atoms with van der Waals surface area (Å²) in [5.41, 5.74) is 2.39. The molecular formula is C21H23N3O4. The standard InChI is InChI=1S/C21H23N3O4/c1-2-28-16-9-7-14(8-10-16)11-15(21(26)27)13-22-20(25)12-19-17-5-3-4-6-18(17)23-24-19/h3-10,15H,2,11-13H2,1H3,(H,22,25)(H,23,24)(H,26,27). The van der Waals surface area contributed by atoms with Crippen LogP contribution in [0.3, 0.4) is 0 Å². The average Bonchev–Trinajstić information content (AvgIpc) is 3.09. The second-order valence-electron chi connectivity index (χ2n) is 6.52. The van der Waals surface area contributed by atoms with Crippen LogP contribution in [0, 0.1) is 5.92 Å². The zero-order chi connectivity index (χ0) is 19.9. The number of nitrogens with zero attached hydrogens (tertiary/aromatic N) is 1. The van der Waals surface area contributed by atoms with Gasteiger partial charge in [0, 0.05) is 11.9 Å². The molecular weight excluding hydrogens is 358 g/mol. The molecule has 0 spiro atoms. The lowest BCUT2D eigenvalue weighted by molar-refractivity contribution is -0.141. The number of H-pyrrole nitrogens is 1. The van der Waals surface area contributed by atoms with Gasteiger partial charge in [-0.25, -0.2) is 0 Å². The minimum absolute atomic E-state index is 0.0629. The number of nitrogens with one attached hydrogen (secondary N) is 2. The summed E-state index contributed by atoms with van der Waals surface area (Å²) < 4.78 is 5.39. The van der Waals surface area contributed by atoms with Crippen molar-refractivity contribution in [3.05, 3.63) is 59.8 Å². The molecule has 1 heterocycles. The molecule has 0 aliphatic heterocycles. The highest BCUT2D eigenvalue weighted by atomic mass is 16.5. The summed E-state index contributed by atoms with van der Waals surface area (Å²) in [5, 5.41) is 20.1. The number of benzene rings is 2. The number of aromatic amines is 1. The maximum absolute atomic E-state index is 12.3. The topological polar surface area (TPSA) is 104 Å². The molecule has 3 rings (SSSR count). The average molecular weight is 381 g/mol. The molecule has 0 fully saturated rings. The second-order valence-corrected chi connectivity index (χ2v) is 6.52. The summed E-state index contributed by atoms with van der Waals surface area (Å²) >= 11 is 0. The van der Waals surface area contributed by atoms with E-state index in [2.05, 4.69) is 15.5 Å². The second kappa shape index (κ2) is 9.03. The van der Waals surface area contributed by atoms with Gasteiger partial charge in [-0.1, -0.05) is 30.3 Å². The number of hydrogen-bond donors (Lipinski definition) is 3. The summed E-state index contributed by atoms with van der Waals surface area (Å²) in [4.78, 5) is 23.9. The van der Waals surface area contributed by atoms with Crippen molar-refractivity contribution in [1.29, 1.82) is 0 Å². The molecule has 1 aromatic heterocycles. The van der Waals surface area contributed by atoms with Crippen LogP contribution in [-0.2, 0) is 22.4 Å². The van der Waals surface area contributed by atoms with Crippen LogP contribution in [0.25, 0.3) is 10.9 Å². The first-order chi connectivity index (χ1) is 13.6. The lowest BCUT2D eigenvalue weighted by Crippen LogP contribution is -2.35. The Labute approximate surface area is 162 Å². The molecule has 2 aromatic carbocycles. The van der Waals surface area contributed by atoms with Crippen LogP contribution < -0.4 is 10.1 Å². The SMILES string of the molecule is CCOc1ccc(CC(CNC(=O)Cc2[nH]nc3ccccc23)C(=O)O)cc1. The number of rotatable bonds is 9. The fourth-order valence-corrected chi connectivity index (χ4v) is 3.03. The Morgan fingerprint density at radius 2 is 1.93 bits per heavy atom. The Morgan fingerprint density at radius 1 is 1.18 bits per heavy atom. The Balaban J connectivity index is 1.56. The zero-order valence-electron chi connectivity index (χ0n) is 15.6.